The second-order valence-electron chi connectivity index (χ2n) is 4.10. The van der Waals surface area contributed by atoms with E-state index in [2.05, 4.69) is 0 Å². The van der Waals surface area contributed by atoms with Crippen molar-refractivity contribution < 1.29 is 9.18 Å². The van der Waals surface area contributed by atoms with Crippen LogP contribution in [0.15, 0.2) is 36.4 Å². The van der Waals surface area contributed by atoms with E-state index in [0.717, 1.165) is 22.3 Å². The molecule has 2 rings (SSSR count). The highest BCUT2D eigenvalue weighted by Gasteiger charge is 2.09. The standard InChI is InChI=1S/C15H13FO/c1-10-4-3-5-14(11(10)2)15-7-6-13(16)8-12(15)9-17/h3-9H,1-2H3. The summed E-state index contributed by atoms with van der Waals surface area (Å²) in [5.74, 6) is -0.388. The normalized spacial score (nSPS) is 10.3. The van der Waals surface area contributed by atoms with E-state index >= 15 is 0 Å². The fraction of sp³-hybridized carbons (Fsp3) is 0.133. The van der Waals surface area contributed by atoms with Gasteiger partial charge in [0.1, 0.15) is 5.82 Å². The first-order chi connectivity index (χ1) is 8.13. The second kappa shape index (κ2) is 4.50. The first-order valence-corrected chi connectivity index (χ1v) is 5.45. The van der Waals surface area contributed by atoms with Gasteiger partial charge in [0.2, 0.25) is 0 Å². The van der Waals surface area contributed by atoms with Crippen LogP contribution in [-0.2, 0) is 0 Å². The van der Waals surface area contributed by atoms with Crippen LogP contribution in [0.2, 0.25) is 0 Å². The number of benzene rings is 2. The Hall–Kier alpha value is -1.96. The van der Waals surface area contributed by atoms with Gasteiger partial charge in [0.25, 0.3) is 0 Å². The molecule has 17 heavy (non-hydrogen) atoms. The summed E-state index contributed by atoms with van der Waals surface area (Å²) in [6, 6.07) is 10.2. The van der Waals surface area contributed by atoms with Crippen LogP contribution in [0.3, 0.4) is 0 Å². The van der Waals surface area contributed by atoms with E-state index in [1.54, 1.807) is 6.07 Å². The molecule has 2 heteroatoms. The number of aryl methyl sites for hydroxylation is 1. The number of carbonyl (C=O) groups is 1. The van der Waals surface area contributed by atoms with Crippen LogP contribution in [-0.4, -0.2) is 6.29 Å². The van der Waals surface area contributed by atoms with Crippen molar-refractivity contribution in [2.75, 3.05) is 0 Å². The van der Waals surface area contributed by atoms with Gasteiger partial charge in [0.05, 0.1) is 0 Å². The Morgan fingerprint density at radius 1 is 1.06 bits per heavy atom. The van der Waals surface area contributed by atoms with E-state index in [-0.39, 0.29) is 5.82 Å². The Balaban J connectivity index is 2.68. The summed E-state index contributed by atoms with van der Waals surface area (Å²) < 4.78 is 13.1. The van der Waals surface area contributed by atoms with Gasteiger partial charge in [-0.1, -0.05) is 24.3 Å². The molecule has 0 aromatic heterocycles. The number of rotatable bonds is 2. The minimum Gasteiger partial charge on any atom is -0.298 e. The molecule has 0 atom stereocenters. The molecule has 0 heterocycles. The highest BCUT2D eigenvalue weighted by Crippen LogP contribution is 2.28. The molecular weight excluding hydrogens is 215 g/mol. The Bertz CT molecular complexity index is 573. The maximum Gasteiger partial charge on any atom is 0.150 e. The molecule has 0 N–H and O–H groups in total. The Kier molecular flexibility index (Phi) is 3.05. The molecule has 0 saturated heterocycles. The fourth-order valence-electron chi connectivity index (χ4n) is 1.92. The predicted molar refractivity (Wildman–Crippen MR) is 66.7 cm³/mol. The third-order valence-corrected chi connectivity index (χ3v) is 3.04. The summed E-state index contributed by atoms with van der Waals surface area (Å²) in [5.41, 5.74) is 4.42. The Labute approximate surface area is 99.9 Å². The molecule has 0 aliphatic rings. The molecule has 2 aromatic rings. The zero-order valence-corrected chi connectivity index (χ0v) is 9.83. The van der Waals surface area contributed by atoms with E-state index in [1.165, 1.54) is 12.1 Å². The van der Waals surface area contributed by atoms with Crippen LogP contribution >= 0.6 is 0 Å². The number of hydrogen-bond acceptors (Lipinski definition) is 1. The van der Waals surface area contributed by atoms with Crippen molar-refractivity contribution in [3.63, 3.8) is 0 Å². The molecular formula is C15H13FO. The summed E-state index contributed by atoms with van der Waals surface area (Å²) in [7, 11) is 0. The van der Waals surface area contributed by atoms with E-state index < -0.39 is 0 Å². The molecule has 86 valence electrons. The minimum atomic E-state index is -0.388. The zero-order valence-electron chi connectivity index (χ0n) is 9.83. The van der Waals surface area contributed by atoms with Crippen molar-refractivity contribution in [2.45, 2.75) is 13.8 Å². The van der Waals surface area contributed by atoms with Crippen molar-refractivity contribution in [1.82, 2.24) is 0 Å². The van der Waals surface area contributed by atoms with Gasteiger partial charge in [-0.05, 0) is 48.2 Å². The predicted octanol–water partition coefficient (Wildman–Crippen LogP) is 3.92. The van der Waals surface area contributed by atoms with Gasteiger partial charge in [-0.15, -0.1) is 0 Å². The van der Waals surface area contributed by atoms with Crippen molar-refractivity contribution in [3.8, 4) is 11.1 Å². The molecule has 0 spiro atoms. The maximum atomic E-state index is 13.1. The number of aldehydes is 1. The van der Waals surface area contributed by atoms with Crippen LogP contribution in [0.5, 0.6) is 0 Å². The lowest BCUT2D eigenvalue weighted by Crippen LogP contribution is -1.93. The average molecular weight is 228 g/mol. The molecule has 0 fully saturated rings. The van der Waals surface area contributed by atoms with Crippen LogP contribution < -0.4 is 0 Å². The minimum absolute atomic E-state index is 0.388. The second-order valence-corrected chi connectivity index (χ2v) is 4.10. The van der Waals surface area contributed by atoms with Crippen molar-refractivity contribution in [2.24, 2.45) is 0 Å². The molecule has 0 amide bonds. The number of halogens is 1. The van der Waals surface area contributed by atoms with Gasteiger partial charge in [0.15, 0.2) is 6.29 Å². The van der Waals surface area contributed by atoms with Gasteiger partial charge in [-0.3, -0.25) is 4.79 Å². The monoisotopic (exact) mass is 228 g/mol. The van der Waals surface area contributed by atoms with Gasteiger partial charge in [-0.25, -0.2) is 4.39 Å². The molecule has 1 nitrogen and oxygen atoms in total. The van der Waals surface area contributed by atoms with Crippen molar-refractivity contribution >= 4 is 6.29 Å². The van der Waals surface area contributed by atoms with Crippen molar-refractivity contribution in [3.05, 3.63) is 58.9 Å². The first-order valence-electron chi connectivity index (χ1n) is 5.45. The van der Waals surface area contributed by atoms with Crippen LogP contribution in [0.1, 0.15) is 21.5 Å². The quantitative estimate of drug-likeness (QED) is 0.712. The van der Waals surface area contributed by atoms with Crippen molar-refractivity contribution in [1.29, 1.82) is 0 Å². The Morgan fingerprint density at radius 2 is 1.82 bits per heavy atom. The lowest BCUT2D eigenvalue weighted by molar-refractivity contribution is 0.112. The van der Waals surface area contributed by atoms with Gasteiger partial charge in [0, 0.05) is 5.56 Å². The molecule has 0 unspecified atom stereocenters. The Morgan fingerprint density at radius 3 is 2.53 bits per heavy atom. The maximum absolute atomic E-state index is 13.1. The number of carbonyl (C=O) groups excluding carboxylic acids is 1. The lowest BCUT2D eigenvalue weighted by Gasteiger charge is -2.10. The van der Waals surface area contributed by atoms with Gasteiger partial charge >= 0.3 is 0 Å². The SMILES string of the molecule is Cc1cccc(-c2ccc(F)cc2C=O)c1C. The average Bonchev–Trinajstić information content (AvgIpc) is 2.33. The molecule has 2 aromatic carbocycles. The number of hydrogen-bond donors (Lipinski definition) is 0. The first kappa shape index (κ1) is 11.5. The van der Waals surface area contributed by atoms with E-state index in [9.17, 15) is 9.18 Å². The molecule has 0 bridgehead atoms. The molecule has 0 saturated carbocycles. The van der Waals surface area contributed by atoms with E-state index in [0.29, 0.717) is 11.8 Å². The lowest BCUT2D eigenvalue weighted by atomic mass is 9.94. The summed E-state index contributed by atoms with van der Waals surface area (Å²) in [6.45, 7) is 4.02. The highest BCUT2D eigenvalue weighted by molar-refractivity contribution is 5.88. The van der Waals surface area contributed by atoms with E-state index in [1.807, 2.05) is 32.0 Å². The zero-order chi connectivity index (χ0) is 12.4. The van der Waals surface area contributed by atoms with Crippen LogP contribution in [0, 0.1) is 19.7 Å². The summed E-state index contributed by atoms with van der Waals surface area (Å²) in [5, 5.41) is 0. The smallest absolute Gasteiger partial charge is 0.150 e. The summed E-state index contributed by atoms with van der Waals surface area (Å²) in [4.78, 5) is 11.0. The molecule has 0 radical (unpaired) electrons. The highest BCUT2D eigenvalue weighted by atomic mass is 19.1. The van der Waals surface area contributed by atoms with Gasteiger partial charge < -0.3 is 0 Å². The van der Waals surface area contributed by atoms with E-state index in [4.69, 9.17) is 0 Å². The summed E-state index contributed by atoms with van der Waals surface area (Å²) in [6.07, 6.45) is 0.695. The fourth-order valence-corrected chi connectivity index (χ4v) is 1.92. The third-order valence-electron chi connectivity index (χ3n) is 3.04. The third kappa shape index (κ3) is 2.11. The van der Waals surface area contributed by atoms with Crippen LogP contribution in [0.25, 0.3) is 11.1 Å². The topological polar surface area (TPSA) is 17.1 Å². The van der Waals surface area contributed by atoms with Crippen LogP contribution in [0.4, 0.5) is 4.39 Å². The summed E-state index contributed by atoms with van der Waals surface area (Å²) >= 11 is 0. The molecule has 0 aliphatic heterocycles. The van der Waals surface area contributed by atoms with Gasteiger partial charge in [-0.2, -0.15) is 0 Å². The largest absolute Gasteiger partial charge is 0.298 e. The molecule has 0 aliphatic carbocycles.